The first-order chi connectivity index (χ1) is 9.21. The minimum absolute atomic E-state index is 0.138. The van der Waals surface area contributed by atoms with Crippen molar-refractivity contribution >= 4 is 22.6 Å². The molecule has 4 aliphatic rings. The highest BCUT2D eigenvalue weighted by atomic mass is 32.1. The van der Waals surface area contributed by atoms with Gasteiger partial charge in [-0.1, -0.05) is 0 Å². The van der Waals surface area contributed by atoms with Crippen LogP contribution in [0.1, 0.15) is 44.9 Å². The molecular weight excluding hydrogens is 258 g/mol. The van der Waals surface area contributed by atoms with Gasteiger partial charge in [-0.15, -0.1) is 0 Å². The number of carbonyl (C=O) groups excluding carboxylic acids is 1. The van der Waals surface area contributed by atoms with Crippen molar-refractivity contribution < 1.29 is 4.79 Å². The molecule has 102 valence electrons. The van der Waals surface area contributed by atoms with Gasteiger partial charge in [-0.05, 0) is 61.7 Å². The molecule has 4 bridgehead atoms. The molecule has 4 aliphatic carbocycles. The topological polar surface area (TPSA) is 54.9 Å². The lowest BCUT2D eigenvalue weighted by molar-refractivity contribution is -0.124. The Bertz CT molecular complexity index is 450. The van der Waals surface area contributed by atoms with Crippen LogP contribution < -0.4 is 5.32 Å². The normalized spacial score (nSPS) is 39.5. The van der Waals surface area contributed by atoms with E-state index < -0.39 is 0 Å². The van der Waals surface area contributed by atoms with E-state index in [0.717, 1.165) is 17.8 Å². The molecule has 1 N–H and O–H groups in total. The van der Waals surface area contributed by atoms with E-state index in [1.165, 1.54) is 56.4 Å². The molecule has 4 fully saturated rings. The maximum atomic E-state index is 12.2. The van der Waals surface area contributed by atoms with Crippen molar-refractivity contribution in [1.29, 1.82) is 0 Å². The second-order valence-corrected chi connectivity index (χ2v) is 7.67. The summed E-state index contributed by atoms with van der Waals surface area (Å²) >= 11 is 1.25. The zero-order valence-electron chi connectivity index (χ0n) is 11.0. The van der Waals surface area contributed by atoms with Crippen LogP contribution in [0.4, 0.5) is 5.13 Å². The Morgan fingerprint density at radius 2 is 1.89 bits per heavy atom. The molecule has 0 spiro atoms. The molecule has 0 aromatic carbocycles. The molecule has 1 heterocycles. The van der Waals surface area contributed by atoms with Gasteiger partial charge in [-0.25, -0.2) is 4.98 Å². The minimum atomic E-state index is 0.138. The maximum absolute atomic E-state index is 12.2. The van der Waals surface area contributed by atoms with Crippen molar-refractivity contribution in [2.45, 2.75) is 44.9 Å². The van der Waals surface area contributed by atoms with Crippen LogP contribution in [-0.2, 0) is 4.79 Å². The van der Waals surface area contributed by atoms with Gasteiger partial charge < -0.3 is 5.32 Å². The van der Waals surface area contributed by atoms with Gasteiger partial charge in [0.2, 0.25) is 11.0 Å². The second-order valence-electron chi connectivity index (χ2n) is 6.89. The number of rotatable bonds is 3. The third-order valence-electron chi connectivity index (χ3n) is 5.31. The quantitative estimate of drug-likeness (QED) is 0.923. The van der Waals surface area contributed by atoms with E-state index in [1.54, 1.807) is 0 Å². The van der Waals surface area contributed by atoms with Crippen molar-refractivity contribution in [3.63, 3.8) is 0 Å². The molecule has 4 nitrogen and oxygen atoms in total. The van der Waals surface area contributed by atoms with Crippen LogP contribution in [0.2, 0.25) is 0 Å². The molecule has 0 aliphatic heterocycles. The Balaban J connectivity index is 1.46. The lowest BCUT2D eigenvalue weighted by Gasteiger charge is -2.56. The van der Waals surface area contributed by atoms with Crippen LogP contribution in [0, 0.1) is 23.2 Å². The Morgan fingerprint density at radius 3 is 2.42 bits per heavy atom. The molecular formula is C14H19N3OS. The summed E-state index contributed by atoms with van der Waals surface area (Å²) in [7, 11) is 0. The first-order valence-corrected chi connectivity index (χ1v) is 8.05. The SMILES string of the molecule is O=C(CC12CC3CC(CC(C3)C1)C2)Nc1ncns1. The predicted octanol–water partition coefficient (Wildman–Crippen LogP) is 3.08. The summed E-state index contributed by atoms with van der Waals surface area (Å²) in [6.45, 7) is 0. The van der Waals surface area contributed by atoms with Crippen LogP contribution in [0.5, 0.6) is 0 Å². The Morgan fingerprint density at radius 1 is 1.26 bits per heavy atom. The van der Waals surface area contributed by atoms with Gasteiger partial charge in [-0.2, -0.15) is 4.37 Å². The Kier molecular flexibility index (Phi) is 2.65. The molecule has 4 saturated carbocycles. The summed E-state index contributed by atoms with van der Waals surface area (Å²) in [6, 6.07) is 0. The summed E-state index contributed by atoms with van der Waals surface area (Å²) in [4.78, 5) is 16.2. The molecule has 5 rings (SSSR count). The van der Waals surface area contributed by atoms with Crippen LogP contribution >= 0.6 is 11.5 Å². The van der Waals surface area contributed by atoms with Gasteiger partial charge in [0.05, 0.1) is 0 Å². The van der Waals surface area contributed by atoms with Crippen molar-refractivity contribution in [2.75, 3.05) is 5.32 Å². The van der Waals surface area contributed by atoms with E-state index in [4.69, 9.17) is 0 Å². The van der Waals surface area contributed by atoms with Crippen molar-refractivity contribution in [2.24, 2.45) is 23.2 Å². The highest BCUT2D eigenvalue weighted by molar-refractivity contribution is 7.09. The van der Waals surface area contributed by atoms with Crippen LogP contribution in [0.3, 0.4) is 0 Å². The fourth-order valence-corrected chi connectivity index (χ4v) is 5.69. The summed E-state index contributed by atoms with van der Waals surface area (Å²) in [5.74, 6) is 2.85. The van der Waals surface area contributed by atoms with Gasteiger partial charge in [0.1, 0.15) is 6.33 Å². The van der Waals surface area contributed by atoms with Gasteiger partial charge >= 0.3 is 0 Å². The van der Waals surface area contributed by atoms with E-state index in [0.29, 0.717) is 17.0 Å². The van der Waals surface area contributed by atoms with Gasteiger partial charge in [0.25, 0.3) is 0 Å². The maximum Gasteiger partial charge on any atom is 0.226 e. The first-order valence-electron chi connectivity index (χ1n) is 7.27. The molecule has 1 aromatic rings. The average molecular weight is 277 g/mol. The molecule has 0 atom stereocenters. The average Bonchev–Trinajstić information content (AvgIpc) is 2.78. The van der Waals surface area contributed by atoms with E-state index in [9.17, 15) is 4.79 Å². The van der Waals surface area contributed by atoms with Crippen molar-refractivity contribution in [1.82, 2.24) is 9.36 Å². The van der Waals surface area contributed by atoms with E-state index in [1.807, 2.05) is 0 Å². The fourth-order valence-electron chi connectivity index (χ4n) is 5.24. The molecule has 1 amide bonds. The van der Waals surface area contributed by atoms with E-state index in [2.05, 4.69) is 14.7 Å². The van der Waals surface area contributed by atoms with Gasteiger partial charge in [0, 0.05) is 18.0 Å². The highest BCUT2D eigenvalue weighted by Crippen LogP contribution is 2.61. The number of carbonyl (C=O) groups is 1. The van der Waals surface area contributed by atoms with Gasteiger partial charge in [0.15, 0.2) is 0 Å². The number of anilines is 1. The standard InChI is InChI=1S/C14H19N3OS/c18-12(17-13-15-8-16-19-13)7-14-4-9-1-10(5-14)3-11(2-9)6-14/h8-11H,1-7H2,(H,15,16,17,18). The molecule has 1 aromatic heterocycles. The number of hydrogen-bond acceptors (Lipinski definition) is 4. The predicted molar refractivity (Wildman–Crippen MR) is 73.8 cm³/mol. The summed E-state index contributed by atoms with van der Waals surface area (Å²) < 4.78 is 3.92. The first kappa shape index (κ1) is 11.8. The van der Waals surface area contributed by atoms with Crippen LogP contribution in [-0.4, -0.2) is 15.3 Å². The number of nitrogens with one attached hydrogen (secondary N) is 1. The number of amides is 1. The molecule has 5 heteroatoms. The number of hydrogen-bond donors (Lipinski definition) is 1. The third-order valence-corrected chi connectivity index (χ3v) is 5.89. The smallest absolute Gasteiger partial charge is 0.226 e. The van der Waals surface area contributed by atoms with Crippen LogP contribution in [0.25, 0.3) is 0 Å². The van der Waals surface area contributed by atoms with E-state index in [-0.39, 0.29) is 5.91 Å². The van der Waals surface area contributed by atoms with Crippen LogP contribution in [0.15, 0.2) is 6.33 Å². The van der Waals surface area contributed by atoms with Crippen molar-refractivity contribution in [3.8, 4) is 0 Å². The Hall–Kier alpha value is -0.970. The van der Waals surface area contributed by atoms with Crippen molar-refractivity contribution in [3.05, 3.63) is 6.33 Å². The number of aromatic nitrogens is 2. The molecule has 0 saturated heterocycles. The fraction of sp³-hybridized carbons (Fsp3) is 0.786. The summed E-state index contributed by atoms with van der Waals surface area (Å²) in [5, 5.41) is 3.54. The number of nitrogens with zero attached hydrogens (tertiary/aromatic N) is 2. The minimum Gasteiger partial charge on any atom is -0.301 e. The van der Waals surface area contributed by atoms with E-state index >= 15 is 0 Å². The van der Waals surface area contributed by atoms with Gasteiger partial charge in [-0.3, -0.25) is 4.79 Å². The molecule has 19 heavy (non-hydrogen) atoms. The monoisotopic (exact) mass is 277 g/mol. The zero-order chi connectivity index (χ0) is 12.9. The largest absolute Gasteiger partial charge is 0.301 e. The molecule has 0 radical (unpaired) electrons. The Labute approximate surface area is 117 Å². The molecule has 0 unspecified atom stereocenters. The lowest BCUT2D eigenvalue weighted by Crippen LogP contribution is -2.47. The second kappa shape index (κ2) is 4.27. The third kappa shape index (κ3) is 2.18. The summed E-state index contributed by atoms with van der Waals surface area (Å²) in [6.07, 6.45) is 10.3. The highest BCUT2D eigenvalue weighted by Gasteiger charge is 2.51. The lowest BCUT2D eigenvalue weighted by atomic mass is 9.49. The summed E-state index contributed by atoms with van der Waals surface area (Å²) in [5.41, 5.74) is 0.309. The zero-order valence-corrected chi connectivity index (χ0v) is 11.8.